The number of para-hydroxylation sites is 1. The molecule has 2 rings (SSSR count). The first-order chi connectivity index (χ1) is 9.91. The van der Waals surface area contributed by atoms with Gasteiger partial charge in [-0.2, -0.15) is 8.78 Å². The lowest BCUT2D eigenvalue weighted by atomic mass is 10.2. The molecule has 21 heavy (non-hydrogen) atoms. The minimum Gasteiger partial charge on any atom is -0.507 e. The Labute approximate surface area is 125 Å². The molecule has 0 aromatic heterocycles. The van der Waals surface area contributed by atoms with Crippen LogP contribution in [-0.2, 0) is 15.6 Å². The molecule has 0 radical (unpaired) electrons. The summed E-state index contributed by atoms with van der Waals surface area (Å²) >= 11 is 1.37. The smallest absolute Gasteiger partial charge is 0.341 e. The Kier molecular flexibility index (Phi) is 4.84. The maximum Gasteiger partial charge on any atom is 0.341 e. The molecule has 0 unspecified atom stereocenters. The highest BCUT2D eigenvalue weighted by Crippen LogP contribution is 2.30. The fourth-order valence-electron chi connectivity index (χ4n) is 1.62. The zero-order chi connectivity index (χ0) is 15.5. The van der Waals surface area contributed by atoms with Crippen LogP contribution in [0.3, 0.4) is 0 Å². The Morgan fingerprint density at radius 2 is 1.67 bits per heavy atom. The summed E-state index contributed by atoms with van der Waals surface area (Å²) in [6.07, 6.45) is 0. The van der Waals surface area contributed by atoms with Crippen molar-refractivity contribution in [3.63, 3.8) is 0 Å². The van der Waals surface area contributed by atoms with Crippen molar-refractivity contribution in [1.82, 2.24) is 0 Å². The van der Waals surface area contributed by atoms with Gasteiger partial charge in [-0.3, -0.25) is 0 Å². The lowest BCUT2D eigenvalue weighted by molar-refractivity contribution is 0.234. The molecule has 0 aliphatic rings. The third-order valence-corrected chi connectivity index (χ3v) is 5.28. The summed E-state index contributed by atoms with van der Waals surface area (Å²) in [7, 11) is -4.55. The van der Waals surface area contributed by atoms with E-state index in [9.17, 15) is 22.3 Å². The topological polar surface area (TPSA) is 54.4 Å². The van der Waals surface area contributed by atoms with Crippen molar-refractivity contribution < 1.29 is 22.3 Å². The van der Waals surface area contributed by atoms with Crippen LogP contribution in [0.2, 0.25) is 0 Å². The Morgan fingerprint density at radius 1 is 1.05 bits per heavy atom. The van der Waals surface area contributed by atoms with Gasteiger partial charge in [-0.15, -0.1) is 11.8 Å². The van der Waals surface area contributed by atoms with Gasteiger partial charge in [0.2, 0.25) is 9.84 Å². The number of rotatable bonds is 5. The number of alkyl halides is 2. The Balaban J connectivity index is 2.09. The minimum absolute atomic E-state index is 0.166. The SMILES string of the molecule is O=S(=O)(c1ccc(CSc2ccccc2O)cc1)C(F)F. The Hall–Kier alpha value is -1.60. The fourth-order valence-corrected chi connectivity index (χ4v) is 3.25. The lowest BCUT2D eigenvalue weighted by Crippen LogP contribution is -2.11. The van der Waals surface area contributed by atoms with Gasteiger partial charge in [-0.05, 0) is 29.8 Å². The van der Waals surface area contributed by atoms with Gasteiger partial charge in [0, 0.05) is 10.6 Å². The lowest BCUT2D eigenvalue weighted by Gasteiger charge is -2.06. The molecule has 3 nitrogen and oxygen atoms in total. The van der Waals surface area contributed by atoms with E-state index in [1.165, 1.54) is 36.0 Å². The molecule has 0 atom stereocenters. The minimum atomic E-state index is -4.55. The molecular weight excluding hydrogens is 318 g/mol. The Morgan fingerprint density at radius 3 is 2.24 bits per heavy atom. The average molecular weight is 330 g/mol. The van der Waals surface area contributed by atoms with Crippen LogP contribution in [0.1, 0.15) is 5.56 Å². The van der Waals surface area contributed by atoms with Gasteiger partial charge in [0.25, 0.3) is 0 Å². The van der Waals surface area contributed by atoms with E-state index in [2.05, 4.69) is 0 Å². The van der Waals surface area contributed by atoms with Gasteiger partial charge < -0.3 is 5.11 Å². The van der Waals surface area contributed by atoms with Crippen molar-refractivity contribution in [2.24, 2.45) is 0 Å². The molecule has 0 bridgehead atoms. The Bertz CT molecular complexity index is 713. The molecule has 1 N–H and O–H groups in total. The van der Waals surface area contributed by atoms with Crippen LogP contribution in [0, 0.1) is 0 Å². The second-order valence-electron chi connectivity index (χ2n) is 4.21. The van der Waals surface area contributed by atoms with Crippen LogP contribution < -0.4 is 0 Å². The second-order valence-corrected chi connectivity index (χ2v) is 7.14. The van der Waals surface area contributed by atoms with Gasteiger partial charge >= 0.3 is 5.76 Å². The van der Waals surface area contributed by atoms with E-state index < -0.39 is 20.5 Å². The number of thioether (sulfide) groups is 1. The summed E-state index contributed by atoms with van der Waals surface area (Å²) in [5, 5.41) is 9.62. The van der Waals surface area contributed by atoms with Crippen LogP contribution in [0.5, 0.6) is 5.75 Å². The second kappa shape index (κ2) is 6.44. The first-order valence-corrected chi connectivity index (χ1v) is 8.46. The van der Waals surface area contributed by atoms with Crippen LogP contribution in [0.4, 0.5) is 8.78 Å². The maximum absolute atomic E-state index is 12.4. The van der Waals surface area contributed by atoms with Crippen molar-refractivity contribution >= 4 is 21.6 Å². The normalized spacial score (nSPS) is 11.8. The molecule has 0 spiro atoms. The van der Waals surface area contributed by atoms with Crippen molar-refractivity contribution in [1.29, 1.82) is 0 Å². The number of aromatic hydroxyl groups is 1. The first kappa shape index (κ1) is 15.8. The molecule has 112 valence electrons. The molecule has 2 aromatic rings. The highest BCUT2D eigenvalue weighted by molar-refractivity contribution is 7.98. The number of hydrogen-bond acceptors (Lipinski definition) is 4. The highest BCUT2D eigenvalue weighted by atomic mass is 32.2. The van der Waals surface area contributed by atoms with Crippen LogP contribution in [-0.4, -0.2) is 19.3 Å². The van der Waals surface area contributed by atoms with E-state index in [1.54, 1.807) is 24.3 Å². The third kappa shape index (κ3) is 3.74. The summed E-state index contributed by atoms with van der Waals surface area (Å²) in [5.74, 6) is -2.76. The maximum atomic E-state index is 12.4. The van der Waals surface area contributed by atoms with E-state index in [0.29, 0.717) is 10.6 Å². The van der Waals surface area contributed by atoms with Gasteiger partial charge in [0.05, 0.1) is 4.90 Å². The third-order valence-electron chi connectivity index (χ3n) is 2.75. The highest BCUT2D eigenvalue weighted by Gasteiger charge is 2.26. The monoisotopic (exact) mass is 330 g/mol. The van der Waals surface area contributed by atoms with Crippen molar-refractivity contribution in [2.75, 3.05) is 0 Å². The molecule has 0 fully saturated rings. The first-order valence-electron chi connectivity index (χ1n) is 5.93. The van der Waals surface area contributed by atoms with E-state index in [1.807, 2.05) is 0 Å². The predicted molar refractivity (Wildman–Crippen MR) is 77.3 cm³/mol. The standard InChI is InChI=1S/C14H12F2O3S2/c15-14(16)21(18,19)11-7-5-10(6-8-11)9-20-13-4-2-1-3-12(13)17/h1-8,14,17H,9H2. The van der Waals surface area contributed by atoms with Crippen molar-refractivity contribution in [2.45, 2.75) is 21.3 Å². The summed E-state index contributed by atoms with van der Waals surface area (Å²) in [5.41, 5.74) is 0.775. The molecule has 2 aromatic carbocycles. The number of phenolic OH excluding ortho intramolecular Hbond substituents is 1. The zero-order valence-electron chi connectivity index (χ0n) is 10.7. The molecule has 7 heteroatoms. The number of hydrogen-bond donors (Lipinski definition) is 1. The van der Waals surface area contributed by atoms with Crippen molar-refractivity contribution in [3.05, 3.63) is 54.1 Å². The average Bonchev–Trinajstić information content (AvgIpc) is 2.46. The predicted octanol–water partition coefficient (Wildman–Crippen LogP) is 3.68. The molecular formula is C14H12F2O3S2. The van der Waals surface area contributed by atoms with E-state index in [0.717, 1.165) is 5.56 Å². The number of phenols is 1. The molecule has 0 saturated carbocycles. The van der Waals surface area contributed by atoms with Crippen molar-refractivity contribution in [3.8, 4) is 5.75 Å². The number of benzene rings is 2. The van der Waals surface area contributed by atoms with Gasteiger partial charge in [-0.25, -0.2) is 8.42 Å². The van der Waals surface area contributed by atoms with Gasteiger partial charge in [0.15, 0.2) is 0 Å². The van der Waals surface area contributed by atoms with E-state index >= 15 is 0 Å². The van der Waals surface area contributed by atoms with Gasteiger partial charge in [-0.1, -0.05) is 24.3 Å². The zero-order valence-corrected chi connectivity index (χ0v) is 12.4. The van der Waals surface area contributed by atoms with E-state index in [4.69, 9.17) is 0 Å². The quantitative estimate of drug-likeness (QED) is 0.850. The van der Waals surface area contributed by atoms with E-state index in [-0.39, 0.29) is 5.75 Å². The molecule has 0 saturated heterocycles. The summed E-state index contributed by atoms with van der Waals surface area (Å²) in [6.45, 7) is 0. The summed E-state index contributed by atoms with van der Waals surface area (Å²) in [6, 6.07) is 12.1. The fraction of sp³-hybridized carbons (Fsp3) is 0.143. The van der Waals surface area contributed by atoms with Crippen LogP contribution >= 0.6 is 11.8 Å². The molecule has 0 heterocycles. The molecule has 0 aliphatic heterocycles. The number of halogens is 2. The molecule has 0 aliphatic carbocycles. The van der Waals surface area contributed by atoms with Crippen LogP contribution in [0.15, 0.2) is 58.3 Å². The van der Waals surface area contributed by atoms with Gasteiger partial charge in [0.1, 0.15) is 5.75 Å². The largest absolute Gasteiger partial charge is 0.507 e. The van der Waals surface area contributed by atoms with Crippen LogP contribution in [0.25, 0.3) is 0 Å². The summed E-state index contributed by atoms with van der Waals surface area (Å²) < 4.78 is 47.3. The number of sulfone groups is 1. The summed E-state index contributed by atoms with van der Waals surface area (Å²) in [4.78, 5) is 0.301. The molecule has 0 amide bonds.